The second-order valence-electron chi connectivity index (χ2n) is 3.92. The highest BCUT2D eigenvalue weighted by Gasteiger charge is 2.03. The first-order valence-corrected chi connectivity index (χ1v) is 5.81. The maximum Gasteiger partial charge on any atom is 0.223 e. The van der Waals surface area contributed by atoms with Crippen LogP contribution >= 0.6 is 11.6 Å². The molecule has 1 heterocycles. The molecule has 0 saturated carbocycles. The summed E-state index contributed by atoms with van der Waals surface area (Å²) in [6.07, 6.45) is 0. The molecule has 0 bridgehead atoms. The molecule has 1 amide bonds. The van der Waals surface area contributed by atoms with E-state index in [0.29, 0.717) is 0 Å². The summed E-state index contributed by atoms with van der Waals surface area (Å²) >= 11 is 5.82. The Morgan fingerprint density at radius 3 is 2.44 bits per heavy atom. The summed E-state index contributed by atoms with van der Waals surface area (Å²) in [5.74, 6) is -0.0938. The smallest absolute Gasteiger partial charge is 0.223 e. The predicted octanol–water partition coefficient (Wildman–Crippen LogP) is 3.06. The Bertz CT molecular complexity index is 561. The molecule has 0 saturated heterocycles. The molecule has 0 aliphatic heterocycles. The highest BCUT2D eigenvalue weighted by atomic mass is 35.5. The summed E-state index contributed by atoms with van der Waals surface area (Å²) in [6.45, 7) is 3.34. The van der Waals surface area contributed by atoms with Crippen molar-refractivity contribution in [1.82, 2.24) is 9.97 Å². The van der Waals surface area contributed by atoms with E-state index >= 15 is 0 Å². The van der Waals surface area contributed by atoms with Gasteiger partial charge >= 0.3 is 0 Å². The van der Waals surface area contributed by atoms with Crippen LogP contribution in [0.4, 0.5) is 5.69 Å². The van der Waals surface area contributed by atoms with Crippen molar-refractivity contribution in [2.24, 2.45) is 0 Å². The summed E-state index contributed by atoms with van der Waals surface area (Å²) in [5.41, 5.74) is 3.26. The summed E-state index contributed by atoms with van der Waals surface area (Å²) in [5, 5.41) is 2.94. The second-order valence-corrected chi connectivity index (χ2v) is 4.26. The lowest BCUT2D eigenvalue weighted by Crippen LogP contribution is -2.05. The van der Waals surface area contributed by atoms with Gasteiger partial charge in [-0.05, 0) is 36.7 Å². The van der Waals surface area contributed by atoms with E-state index in [4.69, 9.17) is 11.6 Å². The zero-order valence-corrected chi connectivity index (χ0v) is 10.8. The number of amides is 1. The number of carbonyl (C=O) groups is 1. The topological polar surface area (TPSA) is 54.9 Å². The molecule has 5 heteroatoms. The van der Waals surface area contributed by atoms with Crippen LogP contribution in [0.3, 0.4) is 0 Å². The number of aryl methyl sites for hydroxylation is 1. The summed E-state index contributed by atoms with van der Waals surface area (Å²) in [7, 11) is 0. The minimum absolute atomic E-state index is 0.0938. The van der Waals surface area contributed by atoms with Crippen LogP contribution in [0.15, 0.2) is 30.3 Å². The van der Waals surface area contributed by atoms with Crippen molar-refractivity contribution in [1.29, 1.82) is 0 Å². The normalized spacial score (nSPS) is 10.2. The van der Waals surface area contributed by atoms with E-state index in [0.717, 1.165) is 22.6 Å². The molecule has 0 aliphatic carbocycles. The first-order chi connectivity index (χ1) is 8.54. The lowest BCUT2D eigenvalue weighted by atomic mass is 10.1. The quantitative estimate of drug-likeness (QED) is 0.846. The van der Waals surface area contributed by atoms with Crippen LogP contribution in [0.5, 0.6) is 0 Å². The van der Waals surface area contributed by atoms with Crippen molar-refractivity contribution in [2.45, 2.75) is 13.8 Å². The van der Waals surface area contributed by atoms with E-state index in [9.17, 15) is 4.79 Å². The predicted molar refractivity (Wildman–Crippen MR) is 71.5 cm³/mol. The number of benzene rings is 1. The Morgan fingerprint density at radius 2 is 1.89 bits per heavy atom. The highest BCUT2D eigenvalue weighted by Crippen LogP contribution is 2.21. The van der Waals surface area contributed by atoms with Gasteiger partial charge in [-0.1, -0.05) is 12.1 Å². The Balaban J connectivity index is 2.31. The van der Waals surface area contributed by atoms with E-state index in [1.54, 1.807) is 0 Å². The molecule has 2 aromatic rings. The molecule has 92 valence electrons. The van der Waals surface area contributed by atoms with Gasteiger partial charge in [-0.2, -0.15) is 0 Å². The number of anilines is 1. The molecule has 1 N–H and O–H groups in total. The van der Waals surface area contributed by atoms with Crippen molar-refractivity contribution in [2.75, 3.05) is 5.32 Å². The van der Waals surface area contributed by atoms with Gasteiger partial charge in [-0.15, -0.1) is 0 Å². The van der Waals surface area contributed by atoms with Gasteiger partial charge < -0.3 is 5.32 Å². The van der Waals surface area contributed by atoms with Crippen LogP contribution in [-0.4, -0.2) is 15.9 Å². The number of hydrogen-bond donors (Lipinski definition) is 1. The van der Waals surface area contributed by atoms with Gasteiger partial charge in [0.2, 0.25) is 11.2 Å². The molecule has 0 spiro atoms. The van der Waals surface area contributed by atoms with Gasteiger partial charge in [0.25, 0.3) is 0 Å². The van der Waals surface area contributed by atoms with E-state index in [2.05, 4.69) is 15.3 Å². The number of nitrogens with one attached hydrogen (secondary N) is 1. The average molecular weight is 262 g/mol. The number of nitrogens with zero attached hydrogens (tertiary/aromatic N) is 2. The van der Waals surface area contributed by atoms with Crippen LogP contribution < -0.4 is 5.32 Å². The Kier molecular flexibility index (Phi) is 3.58. The zero-order valence-electron chi connectivity index (χ0n) is 10.1. The van der Waals surface area contributed by atoms with Crippen molar-refractivity contribution >= 4 is 23.2 Å². The van der Waals surface area contributed by atoms with E-state index in [1.165, 1.54) is 6.92 Å². The Labute approximate surface area is 110 Å². The summed E-state index contributed by atoms with van der Waals surface area (Å²) in [6, 6.07) is 9.26. The molecule has 1 aromatic heterocycles. The standard InChI is InChI=1S/C13H12ClN3O/c1-8-7-12(17-13(14)15-8)10-3-5-11(6-4-10)16-9(2)18/h3-7H,1-2H3,(H,16,18). The van der Waals surface area contributed by atoms with E-state index in [1.807, 2.05) is 37.3 Å². The monoisotopic (exact) mass is 261 g/mol. The molecule has 0 aliphatic rings. The second kappa shape index (κ2) is 5.14. The van der Waals surface area contributed by atoms with Gasteiger partial charge in [0.1, 0.15) is 0 Å². The lowest BCUT2D eigenvalue weighted by molar-refractivity contribution is -0.114. The minimum atomic E-state index is -0.0938. The van der Waals surface area contributed by atoms with E-state index < -0.39 is 0 Å². The molecule has 0 unspecified atom stereocenters. The molecule has 1 aromatic carbocycles. The Hall–Kier alpha value is -1.94. The number of rotatable bonds is 2. The Morgan fingerprint density at radius 1 is 1.22 bits per heavy atom. The maximum atomic E-state index is 10.9. The molecular weight excluding hydrogens is 250 g/mol. The number of halogens is 1. The van der Waals surface area contributed by atoms with Gasteiger partial charge in [0.15, 0.2) is 0 Å². The minimum Gasteiger partial charge on any atom is -0.326 e. The molecule has 4 nitrogen and oxygen atoms in total. The lowest BCUT2D eigenvalue weighted by Gasteiger charge is -2.05. The van der Waals surface area contributed by atoms with Crippen LogP contribution in [0, 0.1) is 6.92 Å². The molecule has 18 heavy (non-hydrogen) atoms. The maximum absolute atomic E-state index is 10.9. The average Bonchev–Trinajstić information content (AvgIpc) is 2.27. The third-order valence-electron chi connectivity index (χ3n) is 2.33. The number of hydrogen-bond acceptors (Lipinski definition) is 3. The zero-order chi connectivity index (χ0) is 13.1. The van der Waals surface area contributed by atoms with Crippen molar-refractivity contribution in [3.05, 3.63) is 41.3 Å². The van der Waals surface area contributed by atoms with Crippen LogP contribution in [0.2, 0.25) is 5.28 Å². The summed E-state index contributed by atoms with van der Waals surface area (Å²) in [4.78, 5) is 19.1. The SMILES string of the molecule is CC(=O)Nc1ccc(-c2cc(C)nc(Cl)n2)cc1. The van der Waals surface area contributed by atoms with Crippen molar-refractivity contribution in [3.8, 4) is 11.3 Å². The fourth-order valence-electron chi connectivity index (χ4n) is 1.61. The van der Waals surface area contributed by atoms with Gasteiger partial charge in [-0.3, -0.25) is 4.79 Å². The number of carbonyl (C=O) groups excluding carboxylic acids is 1. The first kappa shape index (κ1) is 12.5. The summed E-state index contributed by atoms with van der Waals surface area (Å²) < 4.78 is 0. The van der Waals surface area contributed by atoms with Gasteiger partial charge in [-0.25, -0.2) is 9.97 Å². The molecule has 0 fully saturated rings. The largest absolute Gasteiger partial charge is 0.326 e. The third kappa shape index (κ3) is 3.05. The van der Waals surface area contributed by atoms with Crippen molar-refractivity contribution < 1.29 is 4.79 Å². The molecule has 2 rings (SSSR count). The van der Waals surface area contributed by atoms with Crippen LogP contribution in [-0.2, 0) is 4.79 Å². The highest BCUT2D eigenvalue weighted by molar-refractivity contribution is 6.28. The third-order valence-corrected chi connectivity index (χ3v) is 2.50. The fraction of sp³-hybridized carbons (Fsp3) is 0.154. The van der Waals surface area contributed by atoms with Crippen LogP contribution in [0.1, 0.15) is 12.6 Å². The first-order valence-electron chi connectivity index (χ1n) is 5.44. The van der Waals surface area contributed by atoms with Gasteiger partial charge in [0.05, 0.1) is 5.69 Å². The molecule has 0 radical (unpaired) electrons. The molecule has 0 atom stereocenters. The fourth-order valence-corrected chi connectivity index (χ4v) is 1.83. The van der Waals surface area contributed by atoms with E-state index in [-0.39, 0.29) is 11.2 Å². The van der Waals surface area contributed by atoms with Gasteiger partial charge in [0, 0.05) is 23.9 Å². The van der Waals surface area contributed by atoms with Crippen LogP contribution in [0.25, 0.3) is 11.3 Å². The van der Waals surface area contributed by atoms with Crippen molar-refractivity contribution in [3.63, 3.8) is 0 Å². The number of aromatic nitrogens is 2. The molecular formula is C13H12ClN3O.